The van der Waals surface area contributed by atoms with Crippen molar-refractivity contribution in [1.82, 2.24) is 25.5 Å². The average Bonchev–Trinajstić information content (AvgIpc) is 2.92. The zero-order valence-corrected chi connectivity index (χ0v) is 13.5. The highest BCUT2D eigenvalue weighted by Crippen LogP contribution is 2.29. The number of nitrogens with zero attached hydrogens (tertiary/aromatic N) is 5. The summed E-state index contributed by atoms with van der Waals surface area (Å²) in [4.78, 5) is 1.84. The monoisotopic (exact) mass is 350 g/mol. The van der Waals surface area contributed by atoms with Crippen LogP contribution < -0.4 is 10.2 Å². The molecule has 0 saturated heterocycles. The second kappa shape index (κ2) is 8.11. The molecule has 1 aromatic heterocycles. The lowest BCUT2D eigenvalue weighted by Crippen LogP contribution is -2.29. The molecule has 1 heterocycles. The summed E-state index contributed by atoms with van der Waals surface area (Å²) >= 11 is 0. The minimum absolute atomic E-state index is 0. The molecule has 2 aromatic rings. The number of anilines is 1. The Morgan fingerprint density at radius 2 is 2.04 bits per heavy atom. The molecule has 6 nitrogen and oxygen atoms in total. The van der Waals surface area contributed by atoms with Crippen LogP contribution in [0.1, 0.15) is 11.1 Å². The molecule has 1 N–H and O–H groups in total. The van der Waals surface area contributed by atoms with Crippen molar-refractivity contribution in [3.63, 3.8) is 0 Å². The number of rotatable bonds is 6. The van der Waals surface area contributed by atoms with E-state index in [2.05, 4.69) is 20.8 Å². The van der Waals surface area contributed by atoms with Gasteiger partial charge in [-0.25, -0.2) is 4.68 Å². The van der Waals surface area contributed by atoms with Crippen molar-refractivity contribution in [1.29, 1.82) is 0 Å². The molecule has 10 heteroatoms. The maximum absolute atomic E-state index is 12.7. The van der Waals surface area contributed by atoms with Gasteiger partial charge in [0.1, 0.15) is 0 Å². The average molecular weight is 351 g/mol. The van der Waals surface area contributed by atoms with E-state index in [1.54, 1.807) is 6.07 Å². The van der Waals surface area contributed by atoms with Gasteiger partial charge in [0, 0.05) is 20.1 Å². The maximum Gasteiger partial charge on any atom is 0.416 e. The third kappa shape index (κ3) is 5.07. The predicted octanol–water partition coefficient (Wildman–Crippen LogP) is 1.82. The largest absolute Gasteiger partial charge is 0.416 e. The van der Waals surface area contributed by atoms with Crippen LogP contribution in [0, 0.1) is 0 Å². The molecule has 0 spiro atoms. The van der Waals surface area contributed by atoms with Gasteiger partial charge in [0.2, 0.25) is 5.95 Å². The number of tetrazole rings is 1. The van der Waals surface area contributed by atoms with E-state index in [1.165, 1.54) is 10.7 Å². The molecule has 0 radical (unpaired) electrons. The molecule has 1 aromatic carbocycles. The summed E-state index contributed by atoms with van der Waals surface area (Å²) in [6.07, 6.45) is -4.36. The molecule has 128 valence electrons. The van der Waals surface area contributed by atoms with Gasteiger partial charge < -0.3 is 10.2 Å². The standard InChI is InChI=1S/C13H17F3N6.ClH/c1-17-6-7-21(2)12-18-19-20-22(12)9-10-4-3-5-11(8-10)13(14,15)16;/h3-5,8,17H,6-7,9H2,1-2H3;1H. The highest BCUT2D eigenvalue weighted by atomic mass is 35.5. The van der Waals surface area contributed by atoms with E-state index in [9.17, 15) is 13.2 Å². The van der Waals surface area contributed by atoms with Crippen LogP contribution in [0.25, 0.3) is 0 Å². The van der Waals surface area contributed by atoms with Crippen molar-refractivity contribution in [3.8, 4) is 0 Å². The fourth-order valence-corrected chi connectivity index (χ4v) is 1.97. The smallest absolute Gasteiger partial charge is 0.341 e. The van der Waals surface area contributed by atoms with Gasteiger partial charge >= 0.3 is 6.18 Å². The predicted molar refractivity (Wildman–Crippen MR) is 82.8 cm³/mol. The lowest BCUT2D eigenvalue weighted by Gasteiger charge is -2.17. The molecular weight excluding hydrogens is 333 g/mol. The summed E-state index contributed by atoms with van der Waals surface area (Å²) in [7, 11) is 3.66. The van der Waals surface area contributed by atoms with E-state index in [1.807, 2.05) is 19.0 Å². The van der Waals surface area contributed by atoms with E-state index in [4.69, 9.17) is 0 Å². The van der Waals surface area contributed by atoms with Crippen molar-refractivity contribution in [2.24, 2.45) is 0 Å². The Balaban J connectivity index is 0.00000264. The Kier molecular flexibility index (Phi) is 6.77. The van der Waals surface area contributed by atoms with Crippen LogP contribution >= 0.6 is 12.4 Å². The highest BCUT2D eigenvalue weighted by Gasteiger charge is 2.30. The Bertz CT molecular complexity index is 616. The van der Waals surface area contributed by atoms with Gasteiger partial charge in [0.25, 0.3) is 0 Å². The molecule has 0 aliphatic carbocycles. The summed E-state index contributed by atoms with van der Waals surface area (Å²) < 4.78 is 39.7. The lowest BCUT2D eigenvalue weighted by atomic mass is 10.1. The fraction of sp³-hybridized carbons (Fsp3) is 0.462. The van der Waals surface area contributed by atoms with Crippen LogP contribution in [-0.4, -0.2) is 47.4 Å². The van der Waals surface area contributed by atoms with Crippen LogP contribution in [0.5, 0.6) is 0 Å². The molecule has 0 saturated carbocycles. The number of halogens is 4. The number of nitrogens with one attached hydrogen (secondary N) is 1. The van der Waals surface area contributed by atoms with Crippen molar-refractivity contribution in [2.45, 2.75) is 12.7 Å². The third-order valence-corrected chi connectivity index (χ3v) is 3.14. The summed E-state index contributed by atoms with van der Waals surface area (Å²) in [5.74, 6) is 0.507. The molecule has 0 unspecified atom stereocenters. The second-order valence-electron chi connectivity index (χ2n) is 4.86. The summed E-state index contributed by atoms with van der Waals surface area (Å²) in [6.45, 7) is 1.60. The van der Waals surface area contributed by atoms with Gasteiger partial charge in [-0.15, -0.1) is 12.4 Å². The normalized spacial score (nSPS) is 11.2. The van der Waals surface area contributed by atoms with E-state index in [0.29, 0.717) is 18.1 Å². The van der Waals surface area contributed by atoms with Gasteiger partial charge in [-0.3, -0.25) is 0 Å². The zero-order chi connectivity index (χ0) is 16.2. The van der Waals surface area contributed by atoms with E-state index < -0.39 is 11.7 Å². The summed E-state index contributed by atoms with van der Waals surface area (Å²) in [6, 6.07) is 5.16. The maximum atomic E-state index is 12.7. The van der Waals surface area contributed by atoms with Crippen LogP contribution in [-0.2, 0) is 12.7 Å². The van der Waals surface area contributed by atoms with Gasteiger partial charge in [0.05, 0.1) is 12.1 Å². The Hall–Kier alpha value is -1.87. The first-order valence-corrected chi connectivity index (χ1v) is 6.70. The fourth-order valence-electron chi connectivity index (χ4n) is 1.97. The van der Waals surface area contributed by atoms with Crippen LogP contribution in [0.15, 0.2) is 24.3 Å². The van der Waals surface area contributed by atoms with Crippen molar-refractivity contribution < 1.29 is 13.2 Å². The Morgan fingerprint density at radius 3 is 2.70 bits per heavy atom. The van der Waals surface area contributed by atoms with E-state index >= 15 is 0 Å². The first kappa shape index (κ1) is 19.2. The number of hydrogen-bond donors (Lipinski definition) is 1. The minimum Gasteiger partial charge on any atom is -0.341 e. The first-order chi connectivity index (χ1) is 10.4. The molecule has 0 fully saturated rings. The molecule has 0 amide bonds. The van der Waals surface area contributed by atoms with E-state index in [-0.39, 0.29) is 19.0 Å². The number of aromatic nitrogens is 4. The molecule has 0 aliphatic heterocycles. The number of benzene rings is 1. The molecule has 0 bridgehead atoms. The number of alkyl halides is 3. The Morgan fingerprint density at radius 1 is 1.30 bits per heavy atom. The molecule has 23 heavy (non-hydrogen) atoms. The SMILES string of the molecule is CNCCN(C)c1nnnn1Cc1cccc(C(F)(F)F)c1.Cl. The van der Waals surface area contributed by atoms with Gasteiger partial charge in [-0.2, -0.15) is 13.2 Å². The topological polar surface area (TPSA) is 58.9 Å². The molecule has 0 atom stereocenters. The van der Waals surface area contributed by atoms with Crippen LogP contribution in [0.3, 0.4) is 0 Å². The van der Waals surface area contributed by atoms with Gasteiger partial charge in [0.15, 0.2) is 0 Å². The second-order valence-corrected chi connectivity index (χ2v) is 4.86. The quantitative estimate of drug-likeness (QED) is 0.861. The van der Waals surface area contributed by atoms with E-state index in [0.717, 1.165) is 18.7 Å². The third-order valence-electron chi connectivity index (χ3n) is 3.14. The molecule has 2 rings (SSSR count). The van der Waals surface area contributed by atoms with Gasteiger partial charge in [-0.1, -0.05) is 17.2 Å². The summed E-state index contributed by atoms with van der Waals surface area (Å²) in [5.41, 5.74) is -0.187. The molecule has 0 aliphatic rings. The first-order valence-electron chi connectivity index (χ1n) is 6.70. The minimum atomic E-state index is -4.36. The van der Waals surface area contributed by atoms with Crippen molar-refractivity contribution >= 4 is 18.4 Å². The van der Waals surface area contributed by atoms with Crippen molar-refractivity contribution in [3.05, 3.63) is 35.4 Å². The Labute approximate surface area is 138 Å². The van der Waals surface area contributed by atoms with Gasteiger partial charge in [-0.05, 0) is 35.2 Å². The van der Waals surface area contributed by atoms with Crippen molar-refractivity contribution in [2.75, 3.05) is 32.1 Å². The highest BCUT2D eigenvalue weighted by molar-refractivity contribution is 5.85. The number of hydrogen-bond acceptors (Lipinski definition) is 5. The summed E-state index contributed by atoms with van der Waals surface area (Å²) in [5, 5.41) is 14.4. The zero-order valence-electron chi connectivity index (χ0n) is 12.7. The number of likely N-dealkylation sites (N-methyl/N-ethyl adjacent to an activating group) is 2. The lowest BCUT2D eigenvalue weighted by molar-refractivity contribution is -0.137. The van der Waals surface area contributed by atoms with Crippen LogP contribution in [0.2, 0.25) is 0 Å². The molecular formula is C13H18ClF3N6. The van der Waals surface area contributed by atoms with Crippen LogP contribution in [0.4, 0.5) is 19.1 Å².